The van der Waals surface area contributed by atoms with E-state index in [-0.39, 0.29) is 6.61 Å². The summed E-state index contributed by atoms with van der Waals surface area (Å²) in [6, 6.07) is 0. The predicted molar refractivity (Wildman–Crippen MR) is 74.0 cm³/mol. The van der Waals surface area contributed by atoms with Gasteiger partial charge in [-0.25, -0.2) is 0 Å². The Labute approximate surface area is 133 Å². The third kappa shape index (κ3) is 5.77. The van der Waals surface area contributed by atoms with Crippen LogP contribution in [-0.2, 0) is 38.1 Å². The van der Waals surface area contributed by atoms with Crippen LogP contribution < -0.4 is 0 Å². The van der Waals surface area contributed by atoms with Crippen molar-refractivity contribution in [2.45, 2.75) is 58.4 Å². The second-order valence-electron chi connectivity index (χ2n) is 4.95. The van der Waals surface area contributed by atoms with Crippen LogP contribution in [0.2, 0.25) is 0 Å². The summed E-state index contributed by atoms with van der Waals surface area (Å²) >= 11 is 0. The van der Waals surface area contributed by atoms with Gasteiger partial charge in [-0.15, -0.1) is 0 Å². The number of esters is 3. The molecule has 9 heteroatoms. The van der Waals surface area contributed by atoms with Gasteiger partial charge in [0.05, 0.1) is 6.61 Å². The van der Waals surface area contributed by atoms with Crippen molar-refractivity contribution in [1.29, 1.82) is 0 Å². The van der Waals surface area contributed by atoms with Crippen LogP contribution in [0.3, 0.4) is 0 Å². The molecule has 0 saturated carbocycles. The first kappa shape index (κ1) is 19.3. The highest BCUT2D eigenvalue weighted by molar-refractivity contribution is 5.68. The van der Waals surface area contributed by atoms with E-state index in [1.54, 1.807) is 6.92 Å². The van der Waals surface area contributed by atoms with Crippen LogP contribution in [-0.4, -0.2) is 66.9 Å². The van der Waals surface area contributed by atoms with E-state index in [2.05, 4.69) is 0 Å². The summed E-state index contributed by atoms with van der Waals surface area (Å²) in [6.07, 6.45) is -6.06. The molecule has 1 rings (SSSR count). The van der Waals surface area contributed by atoms with Crippen molar-refractivity contribution in [3.05, 3.63) is 0 Å². The van der Waals surface area contributed by atoms with Gasteiger partial charge in [0.2, 0.25) is 0 Å². The first-order valence-electron chi connectivity index (χ1n) is 7.19. The van der Waals surface area contributed by atoms with E-state index in [1.807, 2.05) is 0 Å². The van der Waals surface area contributed by atoms with Crippen LogP contribution >= 0.6 is 0 Å². The Morgan fingerprint density at radius 1 is 0.913 bits per heavy atom. The lowest BCUT2D eigenvalue weighted by Gasteiger charge is -2.42. The van der Waals surface area contributed by atoms with Gasteiger partial charge in [-0.05, 0) is 6.92 Å². The molecule has 0 aliphatic carbocycles. The lowest BCUT2D eigenvalue weighted by molar-refractivity contribution is -0.297. The summed E-state index contributed by atoms with van der Waals surface area (Å²) in [5.41, 5.74) is 0. The number of hydrogen-bond acceptors (Lipinski definition) is 9. The van der Waals surface area contributed by atoms with Crippen molar-refractivity contribution >= 4 is 17.9 Å². The fraction of sp³-hybridized carbons (Fsp3) is 0.786. The molecular weight excluding hydrogens is 312 g/mol. The standard InChI is InChI=1S/C14H22O9/c1-5-19-6-10-11(20-7(2)15)12(21-8(3)16)13(14(18)23-10)22-9(4)17/h10-14,18H,5-6H2,1-4H3/t10-,11-,12?,13-,14?/m1/s1. The third-order valence-electron chi connectivity index (χ3n) is 3.00. The highest BCUT2D eigenvalue weighted by Gasteiger charge is 2.51. The largest absolute Gasteiger partial charge is 0.456 e. The predicted octanol–water partition coefficient (Wildman–Crippen LogP) is -0.465. The van der Waals surface area contributed by atoms with Crippen molar-refractivity contribution in [2.75, 3.05) is 13.2 Å². The molecule has 0 aromatic rings. The molecule has 1 aliphatic rings. The van der Waals surface area contributed by atoms with Gasteiger partial charge in [0.15, 0.2) is 24.6 Å². The molecule has 0 radical (unpaired) electrons. The smallest absolute Gasteiger partial charge is 0.303 e. The van der Waals surface area contributed by atoms with Gasteiger partial charge in [0.25, 0.3) is 0 Å². The van der Waals surface area contributed by atoms with Crippen LogP contribution in [0.4, 0.5) is 0 Å². The Bertz CT molecular complexity index is 436. The zero-order chi connectivity index (χ0) is 17.6. The van der Waals surface area contributed by atoms with Crippen LogP contribution in [0.25, 0.3) is 0 Å². The second kappa shape index (κ2) is 8.80. The van der Waals surface area contributed by atoms with Gasteiger partial charge in [-0.3, -0.25) is 14.4 Å². The first-order chi connectivity index (χ1) is 10.8. The fourth-order valence-corrected chi connectivity index (χ4v) is 2.24. The highest BCUT2D eigenvalue weighted by Crippen LogP contribution is 2.28. The number of aliphatic hydroxyl groups is 1. The molecule has 2 unspecified atom stereocenters. The second-order valence-corrected chi connectivity index (χ2v) is 4.95. The molecule has 1 N–H and O–H groups in total. The maximum absolute atomic E-state index is 11.3. The van der Waals surface area contributed by atoms with Crippen molar-refractivity contribution in [1.82, 2.24) is 0 Å². The van der Waals surface area contributed by atoms with Crippen molar-refractivity contribution in [2.24, 2.45) is 0 Å². The molecule has 23 heavy (non-hydrogen) atoms. The van der Waals surface area contributed by atoms with Crippen molar-refractivity contribution in [3.63, 3.8) is 0 Å². The minimum atomic E-state index is -1.56. The molecule has 1 fully saturated rings. The zero-order valence-corrected chi connectivity index (χ0v) is 13.5. The van der Waals surface area contributed by atoms with Gasteiger partial charge in [0.1, 0.15) is 6.10 Å². The quantitative estimate of drug-likeness (QED) is 0.508. The molecule has 0 spiro atoms. The van der Waals surface area contributed by atoms with E-state index in [0.717, 1.165) is 13.8 Å². The average molecular weight is 334 g/mol. The van der Waals surface area contributed by atoms with Gasteiger partial charge in [-0.2, -0.15) is 0 Å². The fourth-order valence-electron chi connectivity index (χ4n) is 2.24. The average Bonchev–Trinajstić information content (AvgIpc) is 2.42. The highest BCUT2D eigenvalue weighted by atomic mass is 16.7. The molecular formula is C14H22O9. The number of carbonyl (C=O) groups excluding carboxylic acids is 3. The number of aliphatic hydroxyl groups excluding tert-OH is 1. The summed E-state index contributed by atoms with van der Waals surface area (Å²) in [5.74, 6) is -2.04. The van der Waals surface area contributed by atoms with E-state index < -0.39 is 48.6 Å². The van der Waals surface area contributed by atoms with Crippen molar-refractivity contribution in [3.8, 4) is 0 Å². The van der Waals surface area contributed by atoms with Gasteiger partial charge in [0, 0.05) is 27.4 Å². The molecule has 0 bridgehead atoms. The molecule has 1 heterocycles. The Morgan fingerprint density at radius 3 is 1.87 bits per heavy atom. The number of ether oxygens (including phenoxy) is 5. The third-order valence-corrected chi connectivity index (χ3v) is 3.00. The molecule has 5 atom stereocenters. The van der Waals surface area contributed by atoms with E-state index in [9.17, 15) is 19.5 Å². The zero-order valence-electron chi connectivity index (χ0n) is 13.5. The summed E-state index contributed by atoms with van der Waals surface area (Å²) in [6.45, 7) is 5.57. The molecule has 132 valence electrons. The Kier molecular flexibility index (Phi) is 7.40. The molecule has 1 saturated heterocycles. The lowest BCUT2D eigenvalue weighted by Crippen LogP contribution is -2.62. The summed E-state index contributed by atoms with van der Waals surface area (Å²) < 4.78 is 25.8. The maximum atomic E-state index is 11.3. The Hall–Kier alpha value is -1.71. The molecule has 0 aromatic carbocycles. The van der Waals surface area contributed by atoms with Gasteiger partial charge < -0.3 is 28.8 Å². The minimum absolute atomic E-state index is 0.00391. The van der Waals surface area contributed by atoms with Gasteiger partial charge in [-0.1, -0.05) is 0 Å². The number of hydrogen-bond donors (Lipinski definition) is 1. The van der Waals surface area contributed by atoms with Crippen molar-refractivity contribution < 1.29 is 43.2 Å². The molecule has 0 amide bonds. The Balaban J connectivity index is 3.08. The first-order valence-corrected chi connectivity index (χ1v) is 7.19. The van der Waals surface area contributed by atoms with E-state index in [1.165, 1.54) is 6.92 Å². The minimum Gasteiger partial charge on any atom is -0.456 e. The summed E-state index contributed by atoms with van der Waals surface area (Å²) in [5, 5.41) is 10.0. The summed E-state index contributed by atoms with van der Waals surface area (Å²) in [4.78, 5) is 33.9. The van der Waals surface area contributed by atoms with Crippen LogP contribution in [0.5, 0.6) is 0 Å². The SMILES string of the molecule is CCOC[C@H]1OC(O)[C@H](OC(C)=O)C(OC(C)=O)[C@@H]1OC(C)=O. The summed E-state index contributed by atoms with van der Waals surface area (Å²) in [7, 11) is 0. The molecule has 1 aliphatic heterocycles. The van der Waals surface area contributed by atoms with E-state index >= 15 is 0 Å². The molecule has 0 aromatic heterocycles. The van der Waals surface area contributed by atoms with Crippen LogP contribution in [0, 0.1) is 0 Å². The number of rotatable bonds is 6. The number of carbonyl (C=O) groups is 3. The van der Waals surface area contributed by atoms with Gasteiger partial charge >= 0.3 is 17.9 Å². The maximum Gasteiger partial charge on any atom is 0.303 e. The van der Waals surface area contributed by atoms with Crippen LogP contribution in [0.15, 0.2) is 0 Å². The normalized spacial score (nSPS) is 30.4. The topological polar surface area (TPSA) is 118 Å². The lowest BCUT2D eigenvalue weighted by atomic mass is 9.98. The van der Waals surface area contributed by atoms with E-state index in [0.29, 0.717) is 6.61 Å². The molecule has 9 nitrogen and oxygen atoms in total. The Morgan fingerprint density at radius 2 is 1.39 bits per heavy atom. The van der Waals surface area contributed by atoms with E-state index in [4.69, 9.17) is 23.7 Å². The monoisotopic (exact) mass is 334 g/mol. The van der Waals surface area contributed by atoms with Crippen LogP contribution in [0.1, 0.15) is 27.7 Å².